The third-order valence-electron chi connectivity index (χ3n) is 2.50. The molecule has 0 radical (unpaired) electrons. The van der Waals surface area contributed by atoms with Crippen LogP contribution in [0.4, 0.5) is 0 Å². The van der Waals surface area contributed by atoms with Crippen LogP contribution in [0, 0.1) is 0 Å². The normalized spacial score (nSPS) is 10.4. The molecule has 0 aromatic carbocycles. The van der Waals surface area contributed by atoms with Crippen LogP contribution in [-0.4, -0.2) is 20.2 Å². The second-order valence-corrected chi connectivity index (χ2v) is 3.68. The van der Waals surface area contributed by atoms with Crippen molar-refractivity contribution in [3.8, 4) is 0 Å². The minimum atomic E-state index is -0.944. The highest BCUT2D eigenvalue weighted by Gasteiger charge is 2.04. The van der Waals surface area contributed by atoms with E-state index in [9.17, 15) is 9.59 Å². The molecule has 5 nitrogen and oxygen atoms in total. The Morgan fingerprint density at radius 3 is 2.65 bits per heavy atom. The van der Waals surface area contributed by atoms with E-state index in [-0.39, 0.29) is 11.1 Å². The van der Waals surface area contributed by atoms with Gasteiger partial charge in [0.15, 0.2) is 0 Å². The van der Waals surface area contributed by atoms with E-state index in [1.165, 1.54) is 12.1 Å². The van der Waals surface area contributed by atoms with Crippen molar-refractivity contribution in [2.75, 3.05) is 0 Å². The van der Waals surface area contributed by atoms with E-state index >= 15 is 0 Å². The van der Waals surface area contributed by atoms with Crippen molar-refractivity contribution in [3.05, 3.63) is 58.8 Å². The lowest BCUT2D eigenvalue weighted by Crippen LogP contribution is -2.20. The molecule has 0 aliphatic carbocycles. The molecule has 2 rings (SSSR count). The fourth-order valence-corrected chi connectivity index (χ4v) is 1.57. The van der Waals surface area contributed by atoms with Gasteiger partial charge in [0, 0.05) is 37.7 Å². The molecule has 0 spiro atoms. The van der Waals surface area contributed by atoms with Gasteiger partial charge < -0.3 is 14.2 Å². The van der Waals surface area contributed by atoms with Gasteiger partial charge in [-0.1, -0.05) is 6.07 Å². The summed E-state index contributed by atoms with van der Waals surface area (Å²) in [4.78, 5) is 22.1. The van der Waals surface area contributed by atoms with Crippen LogP contribution in [0.15, 0.2) is 47.7 Å². The number of carboxylic acid groups (broad SMARTS) is 1. The van der Waals surface area contributed by atoms with Crippen LogP contribution in [0.3, 0.4) is 0 Å². The van der Waals surface area contributed by atoms with Crippen molar-refractivity contribution >= 4 is 5.97 Å². The molecule has 5 heteroatoms. The summed E-state index contributed by atoms with van der Waals surface area (Å²) in [7, 11) is 0. The quantitative estimate of drug-likeness (QED) is 0.856. The van der Waals surface area contributed by atoms with Crippen molar-refractivity contribution in [1.82, 2.24) is 9.13 Å². The molecule has 0 bridgehead atoms. The molecule has 0 saturated heterocycles. The van der Waals surface area contributed by atoms with Crippen molar-refractivity contribution in [2.24, 2.45) is 0 Å². The summed E-state index contributed by atoms with van der Waals surface area (Å²) >= 11 is 0. The summed E-state index contributed by atoms with van der Waals surface area (Å²) in [6.07, 6.45) is 4.96. The Kier molecular flexibility index (Phi) is 3.09. The number of carboxylic acids is 1. The zero-order valence-corrected chi connectivity index (χ0v) is 9.11. The molecular weight excluding hydrogens is 220 g/mol. The second-order valence-electron chi connectivity index (χ2n) is 3.68. The van der Waals surface area contributed by atoms with Gasteiger partial charge >= 0.3 is 5.97 Å². The molecule has 2 aromatic heterocycles. The van der Waals surface area contributed by atoms with Crippen molar-refractivity contribution in [1.29, 1.82) is 0 Å². The average Bonchev–Trinajstić information content (AvgIpc) is 2.77. The number of nitrogens with zero attached hydrogens (tertiary/aromatic N) is 2. The molecule has 0 amide bonds. The van der Waals surface area contributed by atoms with Crippen LogP contribution in [0.2, 0.25) is 0 Å². The topological polar surface area (TPSA) is 64.2 Å². The molecule has 0 saturated carbocycles. The summed E-state index contributed by atoms with van der Waals surface area (Å²) in [6, 6.07) is 6.52. The van der Waals surface area contributed by atoms with Crippen LogP contribution < -0.4 is 5.56 Å². The van der Waals surface area contributed by atoms with Gasteiger partial charge in [-0.15, -0.1) is 0 Å². The maximum absolute atomic E-state index is 11.4. The summed E-state index contributed by atoms with van der Waals surface area (Å²) in [6.45, 7) is 1.09. The molecule has 2 aromatic rings. The zero-order valence-electron chi connectivity index (χ0n) is 9.11. The number of aromatic carboxylic acids is 1. The first-order valence-electron chi connectivity index (χ1n) is 5.21. The van der Waals surface area contributed by atoms with E-state index in [4.69, 9.17) is 5.11 Å². The maximum Gasteiger partial charge on any atom is 0.337 e. The number of hydrogen-bond acceptors (Lipinski definition) is 2. The lowest BCUT2D eigenvalue weighted by Gasteiger charge is -2.05. The lowest BCUT2D eigenvalue weighted by molar-refractivity contribution is 0.0697. The minimum Gasteiger partial charge on any atom is -0.478 e. The molecule has 0 unspecified atom stereocenters. The molecule has 0 fully saturated rings. The van der Waals surface area contributed by atoms with Gasteiger partial charge in [-0.05, 0) is 12.1 Å². The molecule has 1 N–H and O–H groups in total. The van der Waals surface area contributed by atoms with E-state index in [0.717, 1.165) is 0 Å². The fraction of sp³-hybridized carbons (Fsp3) is 0.167. The highest BCUT2D eigenvalue weighted by molar-refractivity contribution is 5.87. The molecule has 0 aliphatic rings. The van der Waals surface area contributed by atoms with Gasteiger partial charge in [0.25, 0.3) is 5.56 Å². The smallest absolute Gasteiger partial charge is 0.337 e. The van der Waals surface area contributed by atoms with Crippen molar-refractivity contribution in [3.63, 3.8) is 0 Å². The van der Waals surface area contributed by atoms with Crippen LogP contribution in [0.5, 0.6) is 0 Å². The first-order valence-corrected chi connectivity index (χ1v) is 5.21. The van der Waals surface area contributed by atoms with Gasteiger partial charge in [-0.2, -0.15) is 0 Å². The van der Waals surface area contributed by atoms with Gasteiger partial charge in [-0.3, -0.25) is 4.79 Å². The predicted molar refractivity (Wildman–Crippen MR) is 62.1 cm³/mol. The van der Waals surface area contributed by atoms with Gasteiger partial charge in [0.2, 0.25) is 0 Å². The van der Waals surface area contributed by atoms with E-state index in [2.05, 4.69) is 0 Å². The second kappa shape index (κ2) is 4.69. The number of aromatic nitrogens is 2. The average molecular weight is 232 g/mol. The zero-order chi connectivity index (χ0) is 12.3. The molecule has 0 aliphatic heterocycles. The Hall–Kier alpha value is -2.30. The van der Waals surface area contributed by atoms with Crippen molar-refractivity contribution in [2.45, 2.75) is 13.1 Å². The molecule has 0 atom stereocenters. The molecule has 88 valence electrons. The monoisotopic (exact) mass is 232 g/mol. The lowest BCUT2D eigenvalue weighted by atomic mass is 10.4. The van der Waals surface area contributed by atoms with Crippen LogP contribution in [0.25, 0.3) is 0 Å². The Morgan fingerprint density at radius 1 is 1.18 bits per heavy atom. The number of pyridine rings is 1. The third kappa shape index (κ3) is 2.63. The SMILES string of the molecule is O=C(O)c1ccn(CCn2ccccc2=O)c1. The third-order valence-corrected chi connectivity index (χ3v) is 2.50. The standard InChI is InChI=1S/C12H12N2O3/c15-11-3-1-2-5-14(11)8-7-13-6-4-10(9-13)12(16)17/h1-6,9H,7-8H2,(H,16,17). The van der Waals surface area contributed by atoms with E-state index in [1.54, 1.807) is 39.9 Å². The first kappa shape index (κ1) is 11.2. The summed E-state index contributed by atoms with van der Waals surface area (Å²) in [5, 5.41) is 8.76. The molecular formula is C12H12N2O3. The molecule has 17 heavy (non-hydrogen) atoms. The summed E-state index contributed by atoms with van der Waals surface area (Å²) in [5.74, 6) is -0.944. The Bertz CT molecular complexity index is 583. The van der Waals surface area contributed by atoms with Gasteiger partial charge in [0.05, 0.1) is 5.56 Å². The van der Waals surface area contributed by atoms with Crippen molar-refractivity contribution < 1.29 is 9.90 Å². The maximum atomic E-state index is 11.4. The predicted octanol–water partition coefficient (Wildman–Crippen LogP) is 1.05. The Balaban J connectivity index is 2.05. The van der Waals surface area contributed by atoms with E-state index in [0.29, 0.717) is 13.1 Å². The summed E-state index contributed by atoms with van der Waals surface area (Å²) < 4.78 is 3.34. The highest BCUT2D eigenvalue weighted by atomic mass is 16.4. The van der Waals surface area contributed by atoms with E-state index < -0.39 is 5.97 Å². The van der Waals surface area contributed by atoms with E-state index in [1.807, 2.05) is 0 Å². The number of carbonyl (C=O) groups is 1. The highest BCUT2D eigenvalue weighted by Crippen LogP contribution is 2.01. The largest absolute Gasteiger partial charge is 0.478 e. The summed E-state index contributed by atoms with van der Waals surface area (Å²) in [5.41, 5.74) is 0.198. The van der Waals surface area contributed by atoms with Crippen LogP contribution in [-0.2, 0) is 13.1 Å². The minimum absolute atomic E-state index is 0.0573. The van der Waals surface area contributed by atoms with Crippen LogP contribution in [0.1, 0.15) is 10.4 Å². The fourth-order valence-electron chi connectivity index (χ4n) is 1.57. The molecule has 2 heterocycles. The number of rotatable bonds is 4. The van der Waals surface area contributed by atoms with Gasteiger partial charge in [-0.25, -0.2) is 4.79 Å². The van der Waals surface area contributed by atoms with Crippen LogP contribution >= 0.6 is 0 Å². The number of aryl methyl sites for hydroxylation is 2. The number of hydrogen-bond donors (Lipinski definition) is 1. The Labute approximate surface area is 97.5 Å². The Morgan fingerprint density at radius 2 is 2.00 bits per heavy atom. The first-order chi connectivity index (χ1) is 8.16. The van der Waals surface area contributed by atoms with Gasteiger partial charge in [0.1, 0.15) is 0 Å².